The molecule has 0 radical (unpaired) electrons. The molecule has 31 heavy (non-hydrogen) atoms. The molecule has 2 saturated heterocycles. The number of fused-ring (bicyclic) bond motifs is 1. The van der Waals surface area contributed by atoms with Gasteiger partial charge in [-0.25, -0.2) is 0 Å². The van der Waals surface area contributed by atoms with Gasteiger partial charge in [-0.2, -0.15) is 0 Å². The molecule has 168 valence electrons. The Balaban J connectivity index is 1.40. The van der Waals surface area contributed by atoms with Crippen molar-refractivity contribution in [2.24, 2.45) is 11.8 Å². The van der Waals surface area contributed by atoms with Gasteiger partial charge < -0.3 is 15.0 Å². The first-order valence-corrected chi connectivity index (χ1v) is 11.7. The van der Waals surface area contributed by atoms with E-state index in [9.17, 15) is 14.4 Å². The summed E-state index contributed by atoms with van der Waals surface area (Å²) in [7, 11) is 0. The zero-order chi connectivity index (χ0) is 22.0. The van der Waals surface area contributed by atoms with Crippen LogP contribution in [0.4, 0.5) is 0 Å². The van der Waals surface area contributed by atoms with Crippen molar-refractivity contribution in [3.63, 3.8) is 0 Å². The second kappa shape index (κ2) is 9.11. The van der Waals surface area contributed by atoms with Gasteiger partial charge in [-0.15, -0.1) is 0 Å². The molecule has 3 fully saturated rings. The van der Waals surface area contributed by atoms with Crippen LogP contribution in [0.3, 0.4) is 0 Å². The Labute approximate surface area is 184 Å². The van der Waals surface area contributed by atoms with Gasteiger partial charge in [0.15, 0.2) is 5.78 Å². The Bertz CT molecular complexity index is 824. The first kappa shape index (κ1) is 22.0. The van der Waals surface area contributed by atoms with Gasteiger partial charge in [0.05, 0.1) is 6.10 Å². The van der Waals surface area contributed by atoms with E-state index in [0.717, 1.165) is 25.8 Å². The van der Waals surface area contributed by atoms with Crippen LogP contribution in [-0.2, 0) is 19.1 Å². The van der Waals surface area contributed by atoms with Crippen molar-refractivity contribution in [2.75, 3.05) is 19.7 Å². The van der Waals surface area contributed by atoms with Gasteiger partial charge in [0, 0.05) is 31.3 Å². The summed E-state index contributed by atoms with van der Waals surface area (Å²) >= 11 is 0. The Morgan fingerprint density at radius 1 is 1.23 bits per heavy atom. The molecule has 4 atom stereocenters. The number of benzene rings is 1. The second-order valence-electron chi connectivity index (χ2n) is 9.84. The lowest BCUT2D eigenvalue weighted by molar-refractivity contribution is -0.138. The third kappa shape index (κ3) is 4.54. The van der Waals surface area contributed by atoms with Crippen molar-refractivity contribution >= 4 is 17.6 Å². The van der Waals surface area contributed by atoms with Crippen molar-refractivity contribution in [2.45, 2.75) is 69.9 Å². The summed E-state index contributed by atoms with van der Waals surface area (Å²) in [6.45, 7) is 5.64. The maximum atomic E-state index is 13.3. The van der Waals surface area contributed by atoms with Gasteiger partial charge >= 0.3 is 0 Å². The third-order valence-corrected chi connectivity index (χ3v) is 7.21. The molecule has 1 aliphatic carbocycles. The standard InChI is InChI=1S/C25H34N2O4/c1-17(2)13-20(24(30)26-25-11-6-9-22(25)31-16-21(25)28)14-23(29)27-12-10-19(15-27)18-7-4-3-5-8-18/h3-5,7-8,17,19-20,22H,6,9-16H2,1-2H3,(H,26,30). The molecule has 1 saturated carbocycles. The zero-order valence-corrected chi connectivity index (χ0v) is 18.6. The van der Waals surface area contributed by atoms with Gasteiger partial charge in [0.2, 0.25) is 11.8 Å². The summed E-state index contributed by atoms with van der Waals surface area (Å²) in [6, 6.07) is 10.3. The molecule has 1 N–H and O–H groups in total. The van der Waals surface area contributed by atoms with E-state index in [0.29, 0.717) is 25.3 Å². The molecule has 2 aliphatic heterocycles. The smallest absolute Gasteiger partial charge is 0.224 e. The van der Waals surface area contributed by atoms with Crippen molar-refractivity contribution in [3.8, 4) is 0 Å². The highest BCUT2D eigenvalue weighted by molar-refractivity contribution is 5.97. The van der Waals surface area contributed by atoms with E-state index in [4.69, 9.17) is 4.74 Å². The Morgan fingerprint density at radius 3 is 2.74 bits per heavy atom. The molecular formula is C25H34N2O4. The van der Waals surface area contributed by atoms with E-state index in [1.165, 1.54) is 5.56 Å². The highest BCUT2D eigenvalue weighted by Crippen LogP contribution is 2.38. The number of nitrogens with one attached hydrogen (secondary N) is 1. The van der Waals surface area contributed by atoms with E-state index in [1.807, 2.05) is 23.1 Å². The van der Waals surface area contributed by atoms with Crippen LogP contribution in [0.25, 0.3) is 0 Å². The summed E-state index contributed by atoms with van der Waals surface area (Å²) in [4.78, 5) is 40.8. The number of hydrogen-bond acceptors (Lipinski definition) is 4. The number of likely N-dealkylation sites (tertiary alicyclic amines) is 1. The lowest BCUT2D eigenvalue weighted by Gasteiger charge is -2.30. The fraction of sp³-hybridized carbons (Fsp3) is 0.640. The van der Waals surface area contributed by atoms with Crippen LogP contribution in [0.5, 0.6) is 0 Å². The maximum Gasteiger partial charge on any atom is 0.224 e. The first-order chi connectivity index (χ1) is 14.9. The average Bonchev–Trinajstić information content (AvgIpc) is 3.45. The molecule has 0 spiro atoms. The number of carbonyl (C=O) groups is 3. The van der Waals surface area contributed by atoms with Crippen LogP contribution < -0.4 is 5.32 Å². The molecule has 4 unspecified atom stereocenters. The molecular weight excluding hydrogens is 392 g/mol. The first-order valence-electron chi connectivity index (χ1n) is 11.7. The Kier molecular flexibility index (Phi) is 6.47. The second-order valence-corrected chi connectivity index (χ2v) is 9.84. The SMILES string of the molecule is CC(C)CC(CC(=O)N1CCC(c2ccccc2)C1)C(=O)NC12CCCC1OCC2=O. The monoisotopic (exact) mass is 426 g/mol. The van der Waals surface area contributed by atoms with Gasteiger partial charge in [-0.1, -0.05) is 44.2 Å². The summed E-state index contributed by atoms with van der Waals surface area (Å²) in [6.07, 6.45) is 3.87. The molecule has 4 rings (SSSR count). The zero-order valence-electron chi connectivity index (χ0n) is 18.6. The lowest BCUT2D eigenvalue weighted by Crippen LogP contribution is -2.57. The van der Waals surface area contributed by atoms with Gasteiger partial charge in [-0.3, -0.25) is 14.4 Å². The van der Waals surface area contributed by atoms with E-state index < -0.39 is 11.5 Å². The van der Waals surface area contributed by atoms with E-state index in [2.05, 4.69) is 31.3 Å². The van der Waals surface area contributed by atoms with Crippen LogP contribution in [0.2, 0.25) is 0 Å². The van der Waals surface area contributed by atoms with E-state index >= 15 is 0 Å². The molecule has 0 aromatic heterocycles. The van der Waals surface area contributed by atoms with Crippen LogP contribution in [0.1, 0.15) is 63.9 Å². The molecule has 2 heterocycles. The van der Waals surface area contributed by atoms with E-state index in [-0.39, 0.29) is 42.6 Å². The number of hydrogen-bond donors (Lipinski definition) is 1. The number of carbonyl (C=O) groups excluding carboxylic acids is 3. The van der Waals surface area contributed by atoms with Crippen LogP contribution in [-0.4, -0.2) is 53.8 Å². The predicted molar refractivity (Wildman–Crippen MR) is 117 cm³/mol. The highest BCUT2D eigenvalue weighted by atomic mass is 16.5. The van der Waals surface area contributed by atoms with Crippen molar-refractivity contribution in [3.05, 3.63) is 35.9 Å². The molecule has 2 amide bonds. The van der Waals surface area contributed by atoms with Gasteiger partial charge in [-0.05, 0) is 43.6 Å². The molecule has 3 aliphatic rings. The fourth-order valence-electron chi connectivity index (χ4n) is 5.53. The summed E-state index contributed by atoms with van der Waals surface area (Å²) < 4.78 is 5.63. The highest BCUT2D eigenvalue weighted by Gasteiger charge is 2.55. The minimum absolute atomic E-state index is 0.0248. The largest absolute Gasteiger partial charge is 0.367 e. The topological polar surface area (TPSA) is 75.7 Å². The fourth-order valence-corrected chi connectivity index (χ4v) is 5.53. The predicted octanol–water partition coefficient (Wildman–Crippen LogP) is 3.06. The molecule has 1 aromatic carbocycles. The average molecular weight is 427 g/mol. The number of nitrogens with zero attached hydrogens (tertiary/aromatic N) is 1. The maximum absolute atomic E-state index is 13.3. The van der Waals surface area contributed by atoms with Crippen LogP contribution in [0, 0.1) is 11.8 Å². The van der Waals surface area contributed by atoms with Crippen molar-refractivity contribution in [1.29, 1.82) is 0 Å². The minimum Gasteiger partial charge on any atom is -0.367 e. The summed E-state index contributed by atoms with van der Waals surface area (Å²) in [5.41, 5.74) is 0.391. The van der Waals surface area contributed by atoms with Gasteiger partial charge in [0.1, 0.15) is 12.1 Å². The Morgan fingerprint density at radius 2 is 2.00 bits per heavy atom. The van der Waals surface area contributed by atoms with Crippen molar-refractivity contribution < 1.29 is 19.1 Å². The van der Waals surface area contributed by atoms with Crippen LogP contribution in [0.15, 0.2) is 30.3 Å². The molecule has 6 nitrogen and oxygen atoms in total. The van der Waals surface area contributed by atoms with E-state index in [1.54, 1.807) is 0 Å². The van der Waals surface area contributed by atoms with Crippen molar-refractivity contribution in [1.82, 2.24) is 10.2 Å². The quantitative estimate of drug-likeness (QED) is 0.727. The summed E-state index contributed by atoms with van der Waals surface area (Å²) in [5.74, 6) is 0.0522. The number of ketones is 1. The number of amides is 2. The van der Waals surface area contributed by atoms with Gasteiger partial charge in [0.25, 0.3) is 0 Å². The number of rotatable bonds is 7. The lowest BCUT2D eigenvalue weighted by atomic mass is 9.88. The molecule has 1 aromatic rings. The number of ether oxygens (including phenoxy) is 1. The minimum atomic E-state index is -0.874. The number of Topliss-reactive ketones (excluding diaryl/α,β-unsaturated/α-hetero) is 1. The summed E-state index contributed by atoms with van der Waals surface area (Å²) in [5, 5.41) is 3.06. The third-order valence-electron chi connectivity index (χ3n) is 7.21. The normalized spacial score (nSPS) is 28.7. The Hall–Kier alpha value is -2.21. The molecule has 0 bridgehead atoms. The molecule has 6 heteroatoms. The van der Waals surface area contributed by atoms with Crippen LogP contribution >= 0.6 is 0 Å².